The van der Waals surface area contributed by atoms with Crippen LogP contribution in [0.2, 0.25) is 0 Å². The van der Waals surface area contributed by atoms with Gasteiger partial charge in [-0.15, -0.1) is 0 Å². The van der Waals surface area contributed by atoms with E-state index >= 15 is 0 Å². The minimum Gasteiger partial charge on any atom is -0.394 e. The molecule has 0 amide bonds. The fraction of sp³-hybridized carbons (Fsp3) is 0.861. The Labute approximate surface area is 273 Å². The molecule has 1 saturated heterocycles. The molecular formula is C36H58O10. The molecule has 262 valence electrons. The normalized spacial score (nSPS) is 49.5. The van der Waals surface area contributed by atoms with Gasteiger partial charge in [-0.25, -0.2) is 0 Å². The van der Waals surface area contributed by atoms with E-state index in [1.807, 2.05) is 33.8 Å². The molecular weight excluding hydrogens is 592 g/mol. The van der Waals surface area contributed by atoms with Crippen LogP contribution in [0.25, 0.3) is 0 Å². The number of fused-ring (bicyclic) bond motifs is 5. The summed E-state index contributed by atoms with van der Waals surface area (Å²) in [5.74, 6) is -0.810. The van der Waals surface area contributed by atoms with Gasteiger partial charge in [-0.05, 0) is 81.0 Å². The van der Waals surface area contributed by atoms with E-state index in [4.69, 9.17) is 9.47 Å². The molecule has 4 fully saturated rings. The molecule has 5 rings (SSSR count). The lowest BCUT2D eigenvalue weighted by Gasteiger charge is -2.66. The van der Waals surface area contributed by atoms with Crippen LogP contribution < -0.4 is 0 Å². The van der Waals surface area contributed by atoms with Gasteiger partial charge in [0.2, 0.25) is 0 Å². The van der Waals surface area contributed by atoms with E-state index in [2.05, 4.69) is 26.8 Å². The van der Waals surface area contributed by atoms with Crippen LogP contribution in [-0.4, -0.2) is 103 Å². The minimum absolute atomic E-state index is 0.0167. The summed E-state index contributed by atoms with van der Waals surface area (Å²) in [7, 11) is 0. The van der Waals surface area contributed by atoms with Crippen molar-refractivity contribution in [1.82, 2.24) is 0 Å². The summed E-state index contributed by atoms with van der Waals surface area (Å²) in [5.41, 5.74) is -1.40. The number of Topliss-reactive ketones (excluding diaryl/α,β-unsaturated/α-hetero) is 1. The molecule has 1 aliphatic heterocycles. The first-order valence-corrected chi connectivity index (χ1v) is 17.1. The molecule has 1 heterocycles. The lowest BCUT2D eigenvalue weighted by Crippen LogP contribution is -2.64. The predicted octanol–water partition coefficient (Wildman–Crippen LogP) is 2.39. The van der Waals surface area contributed by atoms with Gasteiger partial charge < -0.3 is 45.2 Å². The van der Waals surface area contributed by atoms with Crippen LogP contribution in [0.5, 0.6) is 0 Å². The Morgan fingerprint density at radius 3 is 2.28 bits per heavy atom. The third kappa shape index (κ3) is 5.21. The summed E-state index contributed by atoms with van der Waals surface area (Å²) in [6.45, 7) is 15.5. The molecule has 4 aliphatic carbocycles. The Balaban J connectivity index is 1.46. The molecule has 5 aliphatic rings. The van der Waals surface area contributed by atoms with Gasteiger partial charge in [-0.3, -0.25) is 4.79 Å². The maximum atomic E-state index is 13.4. The third-order valence-corrected chi connectivity index (χ3v) is 13.8. The number of aliphatic hydroxyl groups excluding tert-OH is 6. The fourth-order valence-corrected chi connectivity index (χ4v) is 10.9. The molecule has 46 heavy (non-hydrogen) atoms. The zero-order valence-corrected chi connectivity index (χ0v) is 28.8. The van der Waals surface area contributed by atoms with Crippen LogP contribution in [0.15, 0.2) is 23.3 Å². The second-order valence-electron chi connectivity index (χ2n) is 16.9. The SMILES string of the molecule is CC(C)=CCC(=O)[C@](C)(O)[C@H]1[C@H](O)C[C@@]2(C)[C@@H]3CC=C4[C@@H](C[C@H](O[C@@H]5O[C@H](CO)[C@@H](O)[C@H](O)[C@H]5O)[C@H](O)C4(C)C)[C@]3(C)CC[C@]12C. The number of rotatable bonds is 7. The largest absolute Gasteiger partial charge is 0.394 e. The monoisotopic (exact) mass is 650 g/mol. The zero-order chi connectivity index (χ0) is 34.4. The van der Waals surface area contributed by atoms with Gasteiger partial charge in [-0.2, -0.15) is 0 Å². The standard InChI is InChI=1S/C36H58O10/c1-18(2)9-12-25(39)36(8,44)29-21(38)16-35(7)24-11-10-19-20(33(24,5)13-14-34(29,35)6)15-22(30(43)32(19,3)4)45-31-28(42)27(41)26(40)23(17-37)46-31/h9-10,20-24,26-31,37-38,40-44H,11-17H2,1-8H3/t20-,21-,22+,23-,24-,26-,27+,28-,29+,30+,31-,33+,34-,35+,36+/m1/s1. The van der Waals surface area contributed by atoms with Crippen molar-refractivity contribution < 1.29 is 50.0 Å². The van der Waals surface area contributed by atoms with Crippen LogP contribution in [0.4, 0.5) is 0 Å². The van der Waals surface area contributed by atoms with Crippen LogP contribution in [0.1, 0.15) is 93.9 Å². The van der Waals surface area contributed by atoms with E-state index in [0.29, 0.717) is 19.3 Å². The van der Waals surface area contributed by atoms with Crippen molar-refractivity contribution in [2.45, 2.75) is 149 Å². The summed E-state index contributed by atoms with van der Waals surface area (Å²) < 4.78 is 11.9. The van der Waals surface area contributed by atoms with Crippen LogP contribution in [0, 0.1) is 39.4 Å². The molecule has 0 radical (unpaired) electrons. The summed E-state index contributed by atoms with van der Waals surface area (Å²) in [4.78, 5) is 13.4. The summed E-state index contributed by atoms with van der Waals surface area (Å²) in [6, 6.07) is 0. The first kappa shape index (κ1) is 36.1. The molecule has 0 aromatic rings. The molecule has 0 aromatic carbocycles. The van der Waals surface area contributed by atoms with E-state index in [9.17, 15) is 40.5 Å². The van der Waals surface area contributed by atoms with Crippen molar-refractivity contribution in [3.63, 3.8) is 0 Å². The number of hydrogen-bond donors (Lipinski definition) is 7. The number of allylic oxidation sites excluding steroid dienone is 3. The average Bonchev–Trinajstić information content (AvgIpc) is 3.19. The highest BCUT2D eigenvalue weighted by atomic mass is 16.7. The number of ketones is 1. The Bertz CT molecular complexity index is 1240. The molecule has 7 N–H and O–H groups in total. The molecule has 10 heteroatoms. The predicted molar refractivity (Wildman–Crippen MR) is 170 cm³/mol. The number of carbonyl (C=O) groups excluding carboxylic acids is 1. The maximum Gasteiger partial charge on any atom is 0.187 e. The van der Waals surface area contributed by atoms with Gasteiger partial charge in [-0.1, -0.05) is 57.9 Å². The summed E-state index contributed by atoms with van der Waals surface area (Å²) in [5, 5.41) is 76.2. The number of ether oxygens (including phenoxy) is 2. The smallest absolute Gasteiger partial charge is 0.187 e. The number of hydrogen-bond acceptors (Lipinski definition) is 10. The highest BCUT2D eigenvalue weighted by Gasteiger charge is 2.72. The molecule has 3 saturated carbocycles. The van der Waals surface area contributed by atoms with Gasteiger partial charge in [0.05, 0.1) is 24.9 Å². The van der Waals surface area contributed by atoms with Crippen molar-refractivity contribution in [1.29, 1.82) is 0 Å². The molecule has 0 unspecified atom stereocenters. The van der Waals surface area contributed by atoms with Gasteiger partial charge in [0.15, 0.2) is 12.1 Å². The van der Waals surface area contributed by atoms with E-state index in [1.54, 1.807) is 6.92 Å². The third-order valence-electron chi connectivity index (χ3n) is 13.8. The zero-order valence-electron chi connectivity index (χ0n) is 28.8. The Kier molecular flexibility index (Phi) is 9.40. The average molecular weight is 651 g/mol. The maximum absolute atomic E-state index is 13.4. The quantitative estimate of drug-likeness (QED) is 0.203. The molecule has 0 spiro atoms. The lowest BCUT2D eigenvalue weighted by atomic mass is 9.38. The van der Waals surface area contributed by atoms with Crippen LogP contribution >= 0.6 is 0 Å². The summed E-state index contributed by atoms with van der Waals surface area (Å²) >= 11 is 0. The molecule has 15 atom stereocenters. The van der Waals surface area contributed by atoms with Gasteiger partial charge in [0.1, 0.15) is 30.0 Å². The van der Waals surface area contributed by atoms with Gasteiger partial charge in [0.25, 0.3) is 0 Å². The van der Waals surface area contributed by atoms with E-state index in [1.165, 1.54) is 0 Å². The van der Waals surface area contributed by atoms with Crippen LogP contribution in [-0.2, 0) is 14.3 Å². The van der Waals surface area contributed by atoms with Crippen LogP contribution in [0.3, 0.4) is 0 Å². The number of carbonyl (C=O) groups is 1. The Hall–Kier alpha value is -1.21. The van der Waals surface area contributed by atoms with E-state index < -0.39 is 83.4 Å². The minimum atomic E-state index is -1.69. The molecule has 10 nitrogen and oxygen atoms in total. The van der Waals surface area contributed by atoms with E-state index in [0.717, 1.165) is 24.0 Å². The van der Waals surface area contributed by atoms with E-state index in [-0.39, 0.29) is 29.5 Å². The van der Waals surface area contributed by atoms with Crippen molar-refractivity contribution in [3.8, 4) is 0 Å². The highest BCUT2D eigenvalue weighted by Crippen LogP contribution is 2.75. The second kappa shape index (κ2) is 12.0. The topological polar surface area (TPSA) is 177 Å². The first-order valence-electron chi connectivity index (χ1n) is 17.1. The Morgan fingerprint density at radius 1 is 1.02 bits per heavy atom. The van der Waals surface area contributed by atoms with Crippen molar-refractivity contribution >= 4 is 5.78 Å². The van der Waals surface area contributed by atoms with Crippen molar-refractivity contribution in [2.24, 2.45) is 39.4 Å². The molecule has 0 bridgehead atoms. The molecule has 0 aromatic heterocycles. The van der Waals surface area contributed by atoms with Crippen molar-refractivity contribution in [2.75, 3.05) is 6.61 Å². The fourth-order valence-electron chi connectivity index (χ4n) is 10.9. The van der Waals surface area contributed by atoms with Gasteiger partial charge >= 0.3 is 0 Å². The van der Waals surface area contributed by atoms with Crippen molar-refractivity contribution in [3.05, 3.63) is 23.3 Å². The summed E-state index contributed by atoms with van der Waals surface area (Å²) in [6.07, 6.45) is -2.38. The Morgan fingerprint density at radius 2 is 1.67 bits per heavy atom. The first-order chi connectivity index (χ1) is 21.2. The van der Waals surface area contributed by atoms with Gasteiger partial charge in [0, 0.05) is 17.8 Å². The lowest BCUT2D eigenvalue weighted by molar-refractivity contribution is -0.324. The highest BCUT2D eigenvalue weighted by molar-refractivity contribution is 5.88. The second-order valence-corrected chi connectivity index (χ2v) is 16.9. The number of aliphatic hydroxyl groups is 7.